The van der Waals surface area contributed by atoms with Gasteiger partial charge in [-0.3, -0.25) is 9.59 Å². The van der Waals surface area contributed by atoms with Crippen molar-refractivity contribution in [2.24, 2.45) is 11.8 Å². The Morgan fingerprint density at radius 1 is 0.460 bits per heavy atom. The fourth-order valence-electron chi connectivity index (χ4n) is 7.00. The monoisotopic (exact) mass is 703 g/mol. The Hall–Kier alpha value is -1.45. The summed E-state index contributed by atoms with van der Waals surface area (Å²) in [4.78, 5) is 36.0. The molecule has 0 aliphatic carbocycles. The number of hydrogen-bond donors (Lipinski definition) is 0. The van der Waals surface area contributed by atoms with Gasteiger partial charge in [0.15, 0.2) is 0 Å². The standard InChI is InChI=1S/C46H86O4/c1-4-5-6-7-8-9-10-11-12-16-19-22-25-31-36-41-45(48)50-46(49)44(40-35-30-27-28-33-38-43(2)3)39-34-29-24-21-18-15-13-14-17-20-23-26-32-37-42-47/h11-12,42-44H,4-10,13-41H2,1-3H3. The highest BCUT2D eigenvalue weighted by atomic mass is 16.6. The molecule has 1 atom stereocenters. The number of ether oxygens (including phenoxy) is 1. The summed E-state index contributed by atoms with van der Waals surface area (Å²) in [5.74, 6) is 0.0807. The highest BCUT2D eigenvalue weighted by Crippen LogP contribution is 2.22. The summed E-state index contributed by atoms with van der Waals surface area (Å²) < 4.78 is 5.43. The van der Waals surface area contributed by atoms with Crippen molar-refractivity contribution >= 4 is 18.2 Å². The fraction of sp³-hybridized carbons (Fsp3) is 0.891. The van der Waals surface area contributed by atoms with Crippen LogP contribution in [0.1, 0.15) is 252 Å². The van der Waals surface area contributed by atoms with Crippen LogP contribution in [-0.4, -0.2) is 18.2 Å². The maximum absolute atomic E-state index is 13.1. The lowest BCUT2D eigenvalue weighted by atomic mass is 9.94. The van der Waals surface area contributed by atoms with Crippen molar-refractivity contribution in [2.75, 3.05) is 0 Å². The van der Waals surface area contributed by atoms with Crippen LogP contribution in [0.2, 0.25) is 0 Å². The van der Waals surface area contributed by atoms with E-state index in [1.54, 1.807) is 0 Å². The first kappa shape index (κ1) is 48.5. The zero-order valence-corrected chi connectivity index (χ0v) is 34.0. The lowest BCUT2D eigenvalue weighted by Crippen LogP contribution is -2.21. The van der Waals surface area contributed by atoms with Crippen molar-refractivity contribution < 1.29 is 19.1 Å². The van der Waals surface area contributed by atoms with Crippen LogP contribution in [0.25, 0.3) is 0 Å². The number of carbonyl (C=O) groups excluding carboxylic acids is 3. The molecule has 0 amide bonds. The van der Waals surface area contributed by atoms with Crippen LogP contribution < -0.4 is 0 Å². The predicted octanol–water partition coefficient (Wildman–Crippen LogP) is 15.1. The summed E-state index contributed by atoms with van der Waals surface area (Å²) in [6.07, 6.45) is 48.1. The van der Waals surface area contributed by atoms with E-state index in [1.165, 1.54) is 161 Å². The Bertz CT molecular complexity index is 757. The second kappa shape index (κ2) is 40.3. The zero-order valence-electron chi connectivity index (χ0n) is 34.0. The van der Waals surface area contributed by atoms with E-state index in [0.717, 1.165) is 76.4 Å². The van der Waals surface area contributed by atoms with Gasteiger partial charge in [-0.15, -0.1) is 0 Å². The molecule has 0 fully saturated rings. The normalized spacial score (nSPS) is 12.2. The number of rotatable bonds is 40. The maximum Gasteiger partial charge on any atom is 0.316 e. The highest BCUT2D eigenvalue weighted by molar-refractivity contribution is 5.86. The summed E-state index contributed by atoms with van der Waals surface area (Å²) in [6, 6.07) is 0. The van der Waals surface area contributed by atoms with E-state index < -0.39 is 0 Å². The lowest BCUT2D eigenvalue weighted by Gasteiger charge is -2.15. The first-order valence-electron chi connectivity index (χ1n) is 22.3. The molecule has 0 aromatic carbocycles. The highest BCUT2D eigenvalue weighted by Gasteiger charge is 2.22. The third-order valence-electron chi connectivity index (χ3n) is 10.4. The largest absolute Gasteiger partial charge is 0.393 e. The van der Waals surface area contributed by atoms with Crippen molar-refractivity contribution in [3.8, 4) is 0 Å². The zero-order chi connectivity index (χ0) is 36.6. The van der Waals surface area contributed by atoms with E-state index in [4.69, 9.17) is 4.74 Å². The van der Waals surface area contributed by atoms with Crippen LogP contribution in [0.3, 0.4) is 0 Å². The molecule has 1 unspecified atom stereocenters. The van der Waals surface area contributed by atoms with E-state index >= 15 is 0 Å². The molecule has 0 aromatic rings. The number of aldehydes is 1. The molecule has 0 bridgehead atoms. The number of unbranched alkanes of at least 4 members (excludes halogenated alkanes) is 28. The Kier molecular flexibility index (Phi) is 39.2. The van der Waals surface area contributed by atoms with Crippen LogP contribution in [0.15, 0.2) is 12.2 Å². The van der Waals surface area contributed by atoms with Crippen LogP contribution >= 0.6 is 0 Å². The fourth-order valence-corrected chi connectivity index (χ4v) is 7.00. The van der Waals surface area contributed by atoms with Gasteiger partial charge in [0, 0.05) is 12.8 Å². The van der Waals surface area contributed by atoms with Crippen LogP contribution in [0, 0.1) is 11.8 Å². The van der Waals surface area contributed by atoms with Gasteiger partial charge < -0.3 is 9.53 Å². The van der Waals surface area contributed by atoms with Gasteiger partial charge in [-0.1, -0.05) is 200 Å². The topological polar surface area (TPSA) is 60.4 Å². The molecule has 4 heteroatoms. The van der Waals surface area contributed by atoms with Gasteiger partial charge in [0.05, 0.1) is 5.92 Å². The molecule has 0 saturated carbocycles. The molecular formula is C46H86O4. The molecule has 0 aliphatic heterocycles. The van der Waals surface area contributed by atoms with Crippen molar-refractivity contribution in [2.45, 2.75) is 252 Å². The number of carbonyl (C=O) groups is 3. The first-order valence-corrected chi connectivity index (χ1v) is 22.3. The Morgan fingerprint density at radius 3 is 1.24 bits per heavy atom. The second-order valence-corrected chi connectivity index (χ2v) is 15.9. The minimum absolute atomic E-state index is 0.123. The minimum atomic E-state index is -0.316. The molecule has 0 N–H and O–H groups in total. The summed E-state index contributed by atoms with van der Waals surface area (Å²) >= 11 is 0. The van der Waals surface area contributed by atoms with Gasteiger partial charge in [0.2, 0.25) is 0 Å². The summed E-state index contributed by atoms with van der Waals surface area (Å²) in [7, 11) is 0. The van der Waals surface area contributed by atoms with Gasteiger partial charge in [0.25, 0.3) is 0 Å². The summed E-state index contributed by atoms with van der Waals surface area (Å²) in [5.41, 5.74) is 0. The smallest absolute Gasteiger partial charge is 0.316 e. The number of esters is 2. The Labute approximate surface area is 312 Å². The van der Waals surface area contributed by atoms with Crippen LogP contribution in [-0.2, 0) is 19.1 Å². The van der Waals surface area contributed by atoms with Crippen LogP contribution in [0.5, 0.6) is 0 Å². The van der Waals surface area contributed by atoms with E-state index in [2.05, 4.69) is 32.9 Å². The third-order valence-corrected chi connectivity index (χ3v) is 10.4. The van der Waals surface area contributed by atoms with Crippen molar-refractivity contribution in [3.63, 3.8) is 0 Å². The molecule has 4 nitrogen and oxygen atoms in total. The molecule has 0 aromatic heterocycles. The molecule has 294 valence electrons. The molecule has 0 rings (SSSR count). The summed E-state index contributed by atoms with van der Waals surface area (Å²) in [6.45, 7) is 6.85. The number of hydrogen-bond acceptors (Lipinski definition) is 4. The molecule has 50 heavy (non-hydrogen) atoms. The van der Waals surface area contributed by atoms with Crippen molar-refractivity contribution in [1.82, 2.24) is 0 Å². The van der Waals surface area contributed by atoms with Gasteiger partial charge >= 0.3 is 11.9 Å². The predicted molar refractivity (Wildman–Crippen MR) is 217 cm³/mol. The van der Waals surface area contributed by atoms with Crippen molar-refractivity contribution in [1.29, 1.82) is 0 Å². The Morgan fingerprint density at radius 2 is 0.820 bits per heavy atom. The lowest BCUT2D eigenvalue weighted by molar-refractivity contribution is -0.163. The SMILES string of the molecule is CCCCCCCCC=CCCCCCCCC(=O)OC(=O)C(CCCCCCCCCCCCCCCC=O)CCCCCCCC(C)C. The van der Waals surface area contributed by atoms with E-state index in [1.807, 2.05) is 0 Å². The average molecular weight is 703 g/mol. The summed E-state index contributed by atoms with van der Waals surface area (Å²) in [5, 5.41) is 0. The van der Waals surface area contributed by atoms with Crippen molar-refractivity contribution in [3.05, 3.63) is 12.2 Å². The number of allylic oxidation sites excluding steroid dienone is 2. The van der Waals surface area contributed by atoms with Gasteiger partial charge in [-0.2, -0.15) is 0 Å². The third kappa shape index (κ3) is 37.8. The van der Waals surface area contributed by atoms with E-state index in [-0.39, 0.29) is 17.9 Å². The van der Waals surface area contributed by atoms with E-state index in [9.17, 15) is 14.4 Å². The van der Waals surface area contributed by atoms with Gasteiger partial charge in [-0.25, -0.2) is 0 Å². The maximum atomic E-state index is 13.1. The second-order valence-electron chi connectivity index (χ2n) is 15.9. The first-order chi connectivity index (χ1) is 24.5. The molecule has 0 radical (unpaired) electrons. The molecule has 0 aliphatic rings. The quantitative estimate of drug-likeness (QED) is 0.0210. The molecular weight excluding hydrogens is 617 g/mol. The van der Waals surface area contributed by atoms with Crippen LogP contribution in [0.4, 0.5) is 0 Å². The average Bonchev–Trinajstić information content (AvgIpc) is 3.10. The minimum Gasteiger partial charge on any atom is -0.393 e. The van der Waals surface area contributed by atoms with E-state index in [0.29, 0.717) is 6.42 Å². The van der Waals surface area contributed by atoms with Gasteiger partial charge in [-0.05, 0) is 57.3 Å². The molecule has 0 saturated heterocycles. The molecule has 0 spiro atoms. The molecule has 0 heterocycles. The van der Waals surface area contributed by atoms with Gasteiger partial charge in [0.1, 0.15) is 6.29 Å². The Balaban J connectivity index is 4.13.